The Bertz CT molecular complexity index is 303. The molecule has 0 spiro atoms. The van der Waals surface area contributed by atoms with Crippen molar-refractivity contribution in [2.24, 2.45) is 7.05 Å². The number of aromatic nitrogens is 2. The molecular weight excluding hydrogens is 249 g/mol. The molecule has 0 amide bonds. The normalized spacial score (nSPS) is 14.6. The fraction of sp³-hybridized carbons (Fsp3) is 0.571. The second-order valence-corrected chi connectivity index (χ2v) is 4.07. The molecule has 0 saturated carbocycles. The summed E-state index contributed by atoms with van der Waals surface area (Å²) in [4.78, 5) is -0.138. The van der Waals surface area contributed by atoms with E-state index >= 15 is 0 Å². The van der Waals surface area contributed by atoms with Crippen LogP contribution >= 0.6 is 15.9 Å². The summed E-state index contributed by atoms with van der Waals surface area (Å²) in [6, 6.07) is 1.04. The second-order valence-electron chi connectivity index (χ2n) is 2.69. The third kappa shape index (κ3) is 2.24. The number of hydrogen-bond acceptors (Lipinski definition) is 1. The zero-order valence-corrected chi connectivity index (χ0v) is 8.65. The van der Waals surface area contributed by atoms with Crippen LogP contribution in [-0.4, -0.2) is 9.78 Å². The van der Waals surface area contributed by atoms with Gasteiger partial charge < -0.3 is 0 Å². The summed E-state index contributed by atoms with van der Waals surface area (Å²) in [6.45, 7) is 1.75. The molecule has 0 N–H and O–H groups in total. The van der Waals surface area contributed by atoms with Gasteiger partial charge in [-0.05, 0) is 13.0 Å². The first kappa shape index (κ1) is 10.6. The average molecular weight is 257 g/mol. The first-order valence-corrected chi connectivity index (χ1v) is 4.49. The Labute approximate surface area is 81.9 Å². The molecule has 0 aliphatic carbocycles. The number of halogens is 4. The molecule has 1 aromatic heterocycles. The minimum atomic E-state index is -4.36. The molecule has 2 nitrogen and oxygen atoms in total. The van der Waals surface area contributed by atoms with E-state index in [9.17, 15) is 13.2 Å². The van der Waals surface area contributed by atoms with Crippen molar-refractivity contribution in [1.29, 1.82) is 0 Å². The van der Waals surface area contributed by atoms with Crippen LogP contribution in [0.1, 0.15) is 23.1 Å². The molecule has 0 aliphatic heterocycles. The lowest BCUT2D eigenvalue weighted by Gasteiger charge is -2.01. The maximum atomic E-state index is 12.2. The first-order valence-electron chi connectivity index (χ1n) is 3.57. The van der Waals surface area contributed by atoms with Gasteiger partial charge in [0.15, 0.2) is 5.69 Å². The highest BCUT2D eigenvalue weighted by Crippen LogP contribution is 2.31. The fourth-order valence-corrected chi connectivity index (χ4v) is 1.42. The summed E-state index contributed by atoms with van der Waals surface area (Å²) in [5.74, 6) is 0. The van der Waals surface area contributed by atoms with Crippen molar-refractivity contribution >= 4 is 15.9 Å². The lowest BCUT2D eigenvalue weighted by atomic mass is 10.3. The van der Waals surface area contributed by atoms with Gasteiger partial charge in [0, 0.05) is 7.05 Å². The number of nitrogens with zero attached hydrogens (tertiary/aromatic N) is 2. The lowest BCUT2D eigenvalue weighted by molar-refractivity contribution is -0.141. The van der Waals surface area contributed by atoms with Crippen LogP contribution in [-0.2, 0) is 13.2 Å². The van der Waals surface area contributed by atoms with Crippen molar-refractivity contribution in [2.45, 2.75) is 17.9 Å². The average Bonchev–Trinajstić information content (AvgIpc) is 2.29. The van der Waals surface area contributed by atoms with Crippen molar-refractivity contribution in [3.05, 3.63) is 17.5 Å². The predicted molar refractivity (Wildman–Crippen MR) is 45.6 cm³/mol. The molecule has 13 heavy (non-hydrogen) atoms. The van der Waals surface area contributed by atoms with Crippen LogP contribution in [0, 0.1) is 0 Å². The van der Waals surface area contributed by atoms with E-state index in [4.69, 9.17) is 0 Å². The molecule has 0 saturated heterocycles. The third-order valence-electron chi connectivity index (χ3n) is 1.61. The number of rotatable bonds is 1. The van der Waals surface area contributed by atoms with Gasteiger partial charge in [0.25, 0.3) is 0 Å². The van der Waals surface area contributed by atoms with Crippen molar-refractivity contribution in [2.75, 3.05) is 0 Å². The molecule has 1 rings (SSSR count). The standard InChI is InChI=1S/C7H8BrF3N2/c1-4(8)5-3-6(7(9,10)11)12-13(5)2/h3-4H,1-2H3/t4-/m1/s1. The van der Waals surface area contributed by atoms with Gasteiger partial charge in [-0.25, -0.2) is 0 Å². The van der Waals surface area contributed by atoms with E-state index < -0.39 is 11.9 Å². The maximum absolute atomic E-state index is 12.2. The number of hydrogen-bond donors (Lipinski definition) is 0. The molecular formula is C7H8BrF3N2. The van der Waals surface area contributed by atoms with Crippen LogP contribution in [0.3, 0.4) is 0 Å². The zero-order valence-electron chi connectivity index (χ0n) is 7.06. The maximum Gasteiger partial charge on any atom is 0.435 e. The van der Waals surface area contributed by atoms with Crippen molar-refractivity contribution in [3.8, 4) is 0 Å². The monoisotopic (exact) mass is 256 g/mol. The van der Waals surface area contributed by atoms with Crippen LogP contribution in [0.15, 0.2) is 6.07 Å². The van der Waals surface area contributed by atoms with Gasteiger partial charge in [0.05, 0.1) is 10.5 Å². The van der Waals surface area contributed by atoms with Crippen LogP contribution < -0.4 is 0 Å². The molecule has 6 heteroatoms. The van der Waals surface area contributed by atoms with Gasteiger partial charge >= 0.3 is 6.18 Å². The van der Waals surface area contributed by atoms with E-state index in [-0.39, 0.29) is 4.83 Å². The molecule has 1 heterocycles. The van der Waals surface area contributed by atoms with E-state index in [2.05, 4.69) is 21.0 Å². The van der Waals surface area contributed by atoms with Gasteiger partial charge in [-0.2, -0.15) is 18.3 Å². The van der Waals surface area contributed by atoms with E-state index in [1.165, 1.54) is 11.7 Å². The Balaban J connectivity index is 3.10. The Morgan fingerprint density at radius 2 is 2.08 bits per heavy atom. The van der Waals surface area contributed by atoms with Gasteiger partial charge in [-0.3, -0.25) is 4.68 Å². The van der Waals surface area contributed by atoms with Gasteiger partial charge in [-0.15, -0.1) is 0 Å². The number of aryl methyl sites for hydroxylation is 1. The van der Waals surface area contributed by atoms with Crippen LogP contribution in [0.5, 0.6) is 0 Å². The lowest BCUT2D eigenvalue weighted by Crippen LogP contribution is -2.06. The first-order chi connectivity index (χ1) is 5.82. The largest absolute Gasteiger partial charge is 0.435 e. The van der Waals surface area contributed by atoms with Crippen LogP contribution in [0.25, 0.3) is 0 Å². The van der Waals surface area contributed by atoms with Crippen LogP contribution in [0.4, 0.5) is 13.2 Å². The van der Waals surface area contributed by atoms with Crippen molar-refractivity contribution < 1.29 is 13.2 Å². The Kier molecular flexibility index (Phi) is 2.70. The predicted octanol–water partition coefficient (Wildman–Crippen LogP) is 2.89. The molecule has 0 unspecified atom stereocenters. The molecule has 1 atom stereocenters. The highest BCUT2D eigenvalue weighted by atomic mass is 79.9. The van der Waals surface area contributed by atoms with Crippen molar-refractivity contribution in [3.63, 3.8) is 0 Å². The van der Waals surface area contributed by atoms with Gasteiger partial charge in [0.1, 0.15) is 0 Å². The molecule has 74 valence electrons. The van der Waals surface area contributed by atoms with Crippen molar-refractivity contribution in [1.82, 2.24) is 9.78 Å². The van der Waals surface area contributed by atoms with E-state index in [0.717, 1.165) is 6.07 Å². The fourth-order valence-electron chi connectivity index (χ4n) is 0.993. The summed E-state index contributed by atoms with van der Waals surface area (Å²) >= 11 is 3.19. The summed E-state index contributed by atoms with van der Waals surface area (Å²) in [5.41, 5.74) is -0.344. The molecule has 0 fully saturated rings. The highest BCUT2D eigenvalue weighted by Gasteiger charge is 2.34. The Morgan fingerprint density at radius 3 is 2.31 bits per heavy atom. The van der Waals surface area contributed by atoms with Gasteiger partial charge in [0.2, 0.25) is 0 Å². The molecule has 0 aromatic carbocycles. The van der Waals surface area contributed by atoms with E-state index in [1.807, 2.05) is 0 Å². The molecule has 0 aliphatic rings. The van der Waals surface area contributed by atoms with Gasteiger partial charge in [-0.1, -0.05) is 15.9 Å². The Hall–Kier alpha value is -0.520. The third-order valence-corrected chi connectivity index (χ3v) is 2.08. The zero-order chi connectivity index (χ0) is 10.2. The number of alkyl halides is 4. The molecule has 0 bridgehead atoms. The minimum Gasteiger partial charge on any atom is -0.271 e. The summed E-state index contributed by atoms with van der Waals surface area (Å²) in [7, 11) is 1.49. The summed E-state index contributed by atoms with van der Waals surface area (Å²) in [6.07, 6.45) is -4.36. The van der Waals surface area contributed by atoms with Crippen LogP contribution in [0.2, 0.25) is 0 Å². The molecule has 1 aromatic rings. The topological polar surface area (TPSA) is 17.8 Å². The molecule has 0 radical (unpaired) electrons. The minimum absolute atomic E-state index is 0.138. The highest BCUT2D eigenvalue weighted by molar-refractivity contribution is 9.09. The SMILES string of the molecule is C[C@@H](Br)c1cc(C(F)(F)F)nn1C. The van der Waals surface area contributed by atoms with E-state index in [1.54, 1.807) is 6.92 Å². The summed E-state index contributed by atoms with van der Waals surface area (Å²) < 4.78 is 37.7. The smallest absolute Gasteiger partial charge is 0.271 e. The quantitative estimate of drug-likeness (QED) is 0.707. The second kappa shape index (κ2) is 3.32. The summed E-state index contributed by atoms with van der Waals surface area (Å²) in [5, 5.41) is 3.36. The van der Waals surface area contributed by atoms with E-state index in [0.29, 0.717) is 5.69 Å². The Morgan fingerprint density at radius 1 is 1.54 bits per heavy atom.